The molecule has 3 heterocycles. The molecule has 8 aromatic carbocycles. The van der Waals surface area contributed by atoms with Crippen molar-refractivity contribution in [1.82, 2.24) is 9.97 Å². The van der Waals surface area contributed by atoms with Gasteiger partial charge in [0, 0.05) is 57.0 Å². The molecule has 4 heteroatoms. The van der Waals surface area contributed by atoms with Gasteiger partial charge in [0.25, 0.3) is 0 Å². The molecule has 0 aliphatic heterocycles. The lowest BCUT2D eigenvalue weighted by atomic mass is 9.93. The molecule has 262 valence electrons. The van der Waals surface area contributed by atoms with Crippen LogP contribution in [0.3, 0.4) is 0 Å². The molecule has 0 unspecified atom stereocenters. The van der Waals surface area contributed by atoms with Crippen LogP contribution in [0.4, 0.5) is 0 Å². The van der Waals surface area contributed by atoms with E-state index in [4.69, 9.17) is 9.97 Å². The first-order chi connectivity index (χ1) is 27.7. The zero-order valence-corrected chi connectivity index (χ0v) is 31.8. The van der Waals surface area contributed by atoms with E-state index >= 15 is 0 Å². The van der Waals surface area contributed by atoms with Crippen molar-refractivity contribution in [3.63, 3.8) is 0 Å². The summed E-state index contributed by atoms with van der Waals surface area (Å²) in [7, 11) is 0. The third kappa shape index (κ3) is 5.70. The zero-order chi connectivity index (χ0) is 37.0. The summed E-state index contributed by atoms with van der Waals surface area (Å²) in [6.45, 7) is 0. The number of aromatic nitrogens is 2. The first-order valence-electron chi connectivity index (χ1n) is 18.8. The molecule has 0 saturated carbocycles. The Labute approximate surface area is 332 Å². The Morgan fingerprint density at radius 2 is 0.750 bits per heavy atom. The molecule has 0 bridgehead atoms. The first kappa shape index (κ1) is 32.7. The highest BCUT2D eigenvalue weighted by molar-refractivity contribution is 7.26. The smallest absolute Gasteiger partial charge is 0.160 e. The Morgan fingerprint density at radius 1 is 0.286 bits per heavy atom. The molecule has 0 spiro atoms. The Hall–Kier alpha value is -6.72. The third-order valence-corrected chi connectivity index (χ3v) is 13.1. The minimum Gasteiger partial charge on any atom is -0.228 e. The normalized spacial score (nSPS) is 11.6. The second kappa shape index (κ2) is 13.5. The van der Waals surface area contributed by atoms with Gasteiger partial charge in [0.15, 0.2) is 5.82 Å². The summed E-state index contributed by atoms with van der Waals surface area (Å²) in [6, 6.07) is 69.7. The van der Waals surface area contributed by atoms with Crippen LogP contribution in [0.5, 0.6) is 0 Å². The van der Waals surface area contributed by atoms with E-state index < -0.39 is 0 Å². The van der Waals surface area contributed by atoms with E-state index in [0.717, 1.165) is 44.8 Å². The maximum atomic E-state index is 5.26. The fourth-order valence-corrected chi connectivity index (χ4v) is 10.4. The first-order valence-corrected chi connectivity index (χ1v) is 20.4. The van der Waals surface area contributed by atoms with Gasteiger partial charge in [0.05, 0.1) is 11.4 Å². The topological polar surface area (TPSA) is 25.8 Å². The fraction of sp³-hybridized carbons (Fsp3) is 0. The SMILES string of the molecule is c1ccc(-c2cc(-c3cc(-c4ccc(-c5cccc6c5sc5ccccc56)cc4)cc(-c4cccc5c4sc4ccccc45)c3)nc(-c3ccccc3)n2)cc1. The lowest BCUT2D eigenvalue weighted by Crippen LogP contribution is -1.96. The lowest BCUT2D eigenvalue weighted by molar-refractivity contribution is 1.18. The monoisotopic (exact) mass is 748 g/mol. The zero-order valence-electron chi connectivity index (χ0n) is 30.2. The van der Waals surface area contributed by atoms with Crippen molar-refractivity contribution in [2.45, 2.75) is 0 Å². The molecule has 0 saturated heterocycles. The summed E-state index contributed by atoms with van der Waals surface area (Å²) >= 11 is 3.74. The van der Waals surface area contributed by atoms with Crippen molar-refractivity contribution < 1.29 is 0 Å². The van der Waals surface area contributed by atoms with Crippen LogP contribution in [-0.2, 0) is 0 Å². The van der Waals surface area contributed by atoms with Crippen molar-refractivity contribution in [3.05, 3.63) is 194 Å². The second-order valence-electron chi connectivity index (χ2n) is 14.1. The van der Waals surface area contributed by atoms with Crippen LogP contribution in [0.25, 0.3) is 108 Å². The van der Waals surface area contributed by atoms with Crippen LogP contribution < -0.4 is 0 Å². The summed E-state index contributed by atoms with van der Waals surface area (Å²) < 4.78 is 5.24. The number of fused-ring (bicyclic) bond motifs is 6. The van der Waals surface area contributed by atoms with Crippen LogP contribution in [0.2, 0.25) is 0 Å². The highest BCUT2D eigenvalue weighted by Crippen LogP contribution is 2.43. The summed E-state index contributed by atoms with van der Waals surface area (Å²) in [5.74, 6) is 0.709. The number of rotatable bonds is 6. The van der Waals surface area contributed by atoms with Gasteiger partial charge in [-0.2, -0.15) is 0 Å². The van der Waals surface area contributed by atoms with Crippen LogP contribution in [0.15, 0.2) is 194 Å². The number of thiophene rings is 2. The predicted molar refractivity (Wildman–Crippen MR) is 240 cm³/mol. The van der Waals surface area contributed by atoms with Crippen molar-refractivity contribution >= 4 is 63.0 Å². The average Bonchev–Trinajstić information content (AvgIpc) is 3.86. The molecule has 0 N–H and O–H groups in total. The summed E-state index contributed by atoms with van der Waals surface area (Å²) in [6.07, 6.45) is 0. The Kier molecular flexibility index (Phi) is 7.90. The number of benzene rings is 8. The van der Waals surface area contributed by atoms with Gasteiger partial charge in [-0.25, -0.2) is 9.97 Å². The summed E-state index contributed by atoms with van der Waals surface area (Å²) in [4.78, 5) is 10.4. The van der Waals surface area contributed by atoms with Crippen molar-refractivity contribution in [2.75, 3.05) is 0 Å². The average molecular weight is 749 g/mol. The molecule has 0 aliphatic rings. The van der Waals surface area contributed by atoms with E-state index in [9.17, 15) is 0 Å². The van der Waals surface area contributed by atoms with Gasteiger partial charge in [-0.1, -0.05) is 158 Å². The second-order valence-corrected chi connectivity index (χ2v) is 16.2. The minimum absolute atomic E-state index is 0.709. The van der Waals surface area contributed by atoms with E-state index in [1.54, 1.807) is 0 Å². The molecule has 56 heavy (non-hydrogen) atoms. The molecule has 0 radical (unpaired) electrons. The maximum absolute atomic E-state index is 5.26. The molecule has 0 atom stereocenters. The summed E-state index contributed by atoms with van der Waals surface area (Å²) in [5.41, 5.74) is 12.0. The molecule has 0 aliphatic carbocycles. The minimum atomic E-state index is 0.709. The largest absolute Gasteiger partial charge is 0.228 e. The highest BCUT2D eigenvalue weighted by atomic mass is 32.1. The van der Waals surface area contributed by atoms with Crippen LogP contribution in [0.1, 0.15) is 0 Å². The number of nitrogens with zero attached hydrogens (tertiary/aromatic N) is 2. The Morgan fingerprint density at radius 3 is 1.38 bits per heavy atom. The van der Waals surface area contributed by atoms with Crippen molar-refractivity contribution in [2.24, 2.45) is 0 Å². The van der Waals surface area contributed by atoms with Crippen LogP contribution in [0, 0.1) is 0 Å². The quantitative estimate of drug-likeness (QED) is 0.169. The highest BCUT2D eigenvalue weighted by Gasteiger charge is 2.17. The standard InChI is InChI=1S/C52H32N2S2/c1-3-13-35(14-4-1)46-32-47(54-52(53-46)36-15-5-2-6-16-36)39-30-37(29-38(31-39)41-20-12-22-45-43-18-8-10-24-49(43)56-51(41)45)33-25-27-34(28-26-33)40-19-11-21-44-42-17-7-9-23-48(42)55-50(40)44/h1-32H. The van der Waals surface area contributed by atoms with Gasteiger partial charge in [-0.15, -0.1) is 22.7 Å². The Balaban J connectivity index is 1.10. The van der Waals surface area contributed by atoms with E-state index in [1.807, 2.05) is 46.9 Å². The third-order valence-electron chi connectivity index (χ3n) is 10.7. The van der Waals surface area contributed by atoms with Gasteiger partial charge in [-0.3, -0.25) is 0 Å². The molecule has 11 rings (SSSR count). The van der Waals surface area contributed by atoms with Gasteiger partial charge < -0.3 is 0 Å². The van der Waals surface area contributed by atoms with Gasteiger partial charge in [-0.05, 0) is 69.8 Å². The number of hydrogen-bond acceptors (Lipinski definition) is 4. The van der Waals surface area contributed by atoms with Crippen molar-refractivity contribution in [3.8, 4) is 67.3 Å². The lowest BCUT2D eigenvalue weighted by Gasteiger charge is -2.14. The van der Waals surface area contributed by atoms with Gasteiger partial charge in [0.2, 0.25) is 0 Å². The number of hydrogen-bond donors (Lipinski definition) is 0. The van der Waals surface area contributed by atoms with E-state index in [0.29, 0.717) is 5.82 Å². The molecule has 2 nitrogen and oxygen atoms in total. The van der Waals surface area contributed by atoms with E-state index in [1.165, 1.54) is 57.0 Å². The van der Waals surface area contributed by atoms with Crippen LogP contribution in [-0.4, -0.2) is 9.97 Å². The van der Waals surface area contributed by atoms with Crippen LogP contribution >= 0.6 is 22.7 Å². The molecule has 0 fully saturated rings. The molecule has 3 aromatic heterocycles. The molecule has 0 amide bonds. The fourth-order valence-electron chi connectivity index (χ4n) is 7.96. The van der Waals surface area contributed by atoms with E-state index in [2.05, 4.69) is 170 Å². The van der Waals surface area contributed by atoms with E-state index in [-0.39, 0.29) is 0 Å². The van der Waals surface area contributed by atoms with Gasteiger partial charge >= 0.3 is 0 Å². The Bertz CT molecular complexity index is 3180. The van der Waals surface area contributed by atoms with Crippen molar-refractivity contribution in [1.29, 1.82) is 0 Å². The predicted octanol–water partition coefficient (Wildman–Crippen LogP) is 15.2. The molecular formula is C52H32N2S2. The maximum Gasteiger partial charge on any atom is 0.160 e. The molecule has 11 aromatic rings. The van der Waals surface area contributed by atoms with Gasteiger partial charge in [0.1, 0.15) is 0 Å². The molecular weight excluding hydrogens is 717 g/mol. The summed E-state index contributed by atoms with van der Waals surface area (Å²) in [5, 5.41) is 5.22.